The lowest BCUT2D eigenvalue weighted by atomic mass is 9.94. The Hall–Kier alpha value is -3.66. The molecule has 1 amide bonds. The van der Waals surface area contributed by atoms with Crippen LogP contribution in [0.3, 0.4) is 0 Å². The van der Waals surface area contributed by atoms with Crippen molar-refractivity contribution < 1.29 is 14.7 Å². The summed E-state index contributed by atoms with van der Waals surface area (Å²) in [7, 11) is 0. The van der Waals surface area contributed by atoms with Gasteiger partial charge in [-0.2, -0.15) is 0 Å². The molecule has 1 heterocycles. The van der Waals surface area contributed by atoms with E-state index in [1.807, 2.05) is 67.6 Å². The van der Waals surface area contributed by atoms with Gasteiger partial charge in [0.05, 0.1) is 11.6 Å². The maximum atomic E-state index is 13.0. The van der Waals surface area contributed by atoms with Gasteiger partial charge < -0.3 is 10.0 Å². The van der Waals surface area contributed by atoms with Gasteiger partial charge in [-0.15, -0.1) is 0 Å². The number of amides is 1. The first-order valence-corrected chi connectivity index (χ1v) is 10.0. The number of ketones is 1. The van der Waals surface area contributed by atoms with Crippen LogP contribution in [-0.4, -0.2) is 28.2 Å². The molecule has 0 radical (unpaired) electrons. The molecular formula is C26H23NO3. The molecule has 0 bridgehead atoms. The van der Waals surface area contributed by atoms with Crippen molar-refractivity contribution in [2.45, 2.75) is 19.4 Å². The standard InChI is InChI=1S/C26H23NO3/c1-18-12-14-20(15-13-18)23-22(24(28)21-10-6-3-7-11-21)25(29)26(30)27(23)17-16-19-8-4-2-5-9-19/h2-15,23,28H,16-17H2,1H3/b24-22-. The number of nitrogens with zero attached hydrogens (tertiary/aromatic N) is 1. The van der Waals surface area contributed by atoms with Crippen molar-refractivity contribution in [2.24, 2.45) is 0 Å². The van der Waals surface area contributed by atoms with E-state index in [-0.39, 0.29) is 11.3 Å². The first-order chi connectivity index (χ1) is 14.6. The molecule has 1 aliphatic rings. The van der Waals surface area contributed by atoms with Crippen molar-refractivity contribution in [3.8, 4) is 0 Å². The molecule has 1 aliphatic heterocycles. The highest BCUT2D eigenvalue weighted by molar-refractivity contribution is 6.46. The molecule has 4 heteroatoms. The molecular weight excluding hydrogens is 374 g/mol. The Kier molecular flexibility index (Phi) is 5.48. The van der Waals surface area contributed by atoms with Crippen molar-refractivity contribution in [1.29, 1.82) is 0 Å². The number of aliphatic hydroxyl groups excluding tert-OH is 1. The number of benzene rings is 3. The maximum absolute atomic E-state index is 13.0. The number of hydrogen-bond donors (Lipinski definition) is 1. The molecule has 3 aromatic rings. The minimum atomic E-state index is -0.644. The summed E-state index contributed by atoms with van der Waals surface area (Å²) in [5.74, 6) is -1.36. The summed E-state index contributed by atoms with van der Waals surface area (Å²) in [6, 6.07) is 25.9. The summed E-state index contributed by atoms with van der Waals surface area (Å²) in [6.45, 7) is 2.37. The fraction of sp³-hybridized carbons (Fsp3) is 0.154. The fourth-order valence-corrected chi connectivity index (χ4v) is 3.85. The molecule has 1 unspecified atom stereocenters. The Morgan fingerprint density at radius 1 is 0.867 bits per heavy atom. The van der Waals surface area contributed by atoms with E-state index in [0.29, 0.717) is 18.5 Å². The maximum Gasteiger partial charge on any atom is 0.295 e. The van der Waals surface area contributed by atoms with E-state index < -0.39 is 17.7 Å². The molecule has 3 aromatic carbocycles. The molecule has 4 nitrogen and oxygen atoms in total. The zero-order chi connectivity index (χ0) is 21.1. The van der Waals surface area contributed by atoms with Gasteiger partial charge in [0.25, 0.3) is 11.7 Å². The lowest BCUT2D eigenvalue weighted by Gasteiger charge is -2.25. The third kappa shape index (κ3) is 3.77. The molecule has 0 aromatic heterocycles. The van der Waals surface area contributed by atoms with E-state index in [2.05, 4.69) is 0 Å². The second kappa shape index (κ2) is 8.37. The Morgan fingerprint density at radius 2 is 1.47 bits per heavy atom. The van der Waals surface area contributed by atoms with E-state index in [9.17, 15) is 14.7 Å². The van der Waals surface area contributed by atoms with Gasteiger partial charge in [-0.25, -0.2) is 0 Å². The molecule has 150 valence electrons. The highest BCUT2D eigenvalue weighted by atomic mass is 16.3. The van der Waals surface area contributed by atoms with Gasteiger partial charge in [0.2, 0.25) is 0 Å². The summed E-state index contributed by atoms with van der Waals surface area (Å²) in [5, 5.41) is 11.0. The van der Waals surface area contributed by atoms with Gasteiger partial charge in [-0.05, 0) is 24.5 Å². The monoisotopic (exact) mass is 397 g/mol. The summed E-state index contributed by atoms with van der Waals surface area (Å²) < 4.78 is 0. The number of Topliss-reactive ketones (excluding diaryl/α,β-unsaturated/α-hetero) is 1. The summed E-state index contributed by atoms with van der Waals surface area (Å²) in [5.41, 5.74) is 3.65. The van der Waals surface area contributed by atoms with E-state index in [1.54, 1.807) is 29.2 Å². The quantitative estimate of drug-likeness (QED) is 0.387. The first kappa shape index (κ1) is 19.6. The third-order valence-electron chi connectivity index (χ3n) is 5.46. The van der Waals surface area contributed by atoms with E-state index in [4.69, 9.17) is 0 Å². The Balaban J connectivity index is 1.78. The SMILES string of the molecule is Cc1ccc(C2/C(=C(/O)c3ccccc3)C(=O)C(=O)N2CCc2ccccc2)cc1. The predicted octanol–water partition coefficient (Wildman–Crippen LogP) is 4.66. The minimum Gasteiger partial charge on any atom is -0.507 e. The number of aliphatic hydroxyl groups is 1. The Morgan fingerprint density at radius 3 is 2.10 bits per heavy atom. The van der Waals surface area contributed by atoms with Gasteiger partial charge in [0.1, 0.15) is 5.76 Å². The molecule has 1 saturated heterocycles. The van der Waals surface area contributed by atoms with E-state index in [0.717, 1.165) is 16.7 Å². The van der Waals surface area contributed by atoms with E-state index >= 15 is 0 Å². The van der Waals surface area contributed by atoms with Gasteiger partial charge >= 0.3 is 0 Å². The van der Waals surface area contributed by atoms with Crippen molar-refractivity contribution in [1.82, 2.24) is 4.90 Å². The molecule has 1 N–H and O–H groups in total. The second-order valence-electron chi connectivity index (χ2n) is 7.50. The largest absolute Gasteiger partial charge is 0.507 e. The van der Waals surface area contributed by atoms with Crippen LogP contribution < -0.4 is 0 Å². The summed E-state index contributed by atoms with van der Waals surface area (Å²) in [4.78, 5) is 27.5. The number of carbonyl (C=O) groups is 2. The zero-order valence-electron chi connectivity index (χ0n) is 16.8. The molecule has 0 saturated carbocycles. The van der Waals surface area contributed by atoms with Crippen LogP contribution in [0, 0.1) is 6.92 Å². The van der Waals surface area contributed by atoms with Crippen LogP contribution >= 0.6 is 0 Å². The van der Waals surface area contributed by atoms with Gasteiger partial charge in [-0.1, -0.05) is 90.5 Å². The number of carbonyl (C=O) groups excluding carboxylic acids is 2. The third-order valence-corrected chi connectivity index (χ3v) is 5.46. The minimum absolute atomic E-state index is 0.137. The van der Waals surface area contributed by atoms with Crippen LogP contribution in [0.25, 0.3) is 5.76 Å². The first-order valence-electron chi connectivity index (χ1n) is 10.0. The smallest absolute Gasteiger partial charge is 0.295 e. The lowest BCUT2D eigenvalue weighted by Crippen LogP contribution is -2.31. The predicted molar refractivity (Wildman–Crippen MR) is 117 cm³/mol. The van der Waals surface area contributed by atoms with Crippen LogP contribution in [0.1, 0.15) is 28.3 Å². The molecule has 30 heavy (non-hydrogen) atoms. The summed E-state index contributed by atoms with van der Waals surface area (Å²) in [6.07, 6.45) is 0.627. The Bertz CT molecular complexity index is 1090. The number of aryl methyl sites for hydroxylation is 1. The van der Waals surface area contributed by atoms with Crippen LogP contribution in [0.5, 0.6) is 0 Å². The van der Waals surface area contributed by atoms with Crippen molar-refractivity contribution in [3.63, 3.8) is 0 Å². The highest BCUT2D eigenvalue weighted by Crippen LogP contribution is 2.39. The van der Waals surface area contributed by atoms with Crippen LogP contribution in [0.4, 0.5) is 0 Å². The van der Waals surface area contributed by atoms with Crippen LogP contribution in [0.2, 0.25) is 0 Å². The average molecular weight is 397 g/mol. The molecule has 1 atom stereocenters. The normalized spacial score (nSPS) is 18.0. The highest BCUT2D eigenvalue weighted by Gasteiger charge is 2.45. The fourth-order valence-electron chi connectivity index (χ4n) is 3.85. The van der Waals surface area contributed by atoms with Crippen molar-refractivity contribution in [3.05, 3.63) is 113 Å². The summed E-state index contributed by atoms with van der Waals surface area (Å²) >= 11 is 0. The van der Waals surface area contributed by atoms with Crippen LogP contribution in [0.15, 0.2) is 90.5 Å². The second-order valence-corrected chi connectivity index (χ2v) is 7.50. The van der Waals surface area contributed by atoms with E-state index in [1.165, 1.54) is 0 Å². The van der Waals surface area contributed by atoms with Gasteiger partial charge in [0, 0.05) is 12.1 Å². The number of likely N-dealkylation sites (tertiary alicyclic amines) is 1. The van der Waals surface area contributed by atoms with Crippen molar-refractivity contribution in [2.75, 3.05) is 6.54 Å². The van der Waals surface area contributed by atoms with Gasteiger partial charge in [0.15, 0.2) is 0 Å². The molecule has 0 aliphatic carbocycles. The molecule has 4 rings (SSSR count). The average Bonchev–Trinajstić information content (AvgIpc) is 3.04. The Labute approximate surface area is 176 Å². The molecule has 0 spiro atoms. The lowest BCUT2D eigenvalue weighted by molar-refractivity contribution is -0.139. The van der Waals surface area contributed by atoms with Crippen LogP contribution in [-0.2, 0) is 16.0 Å². The van der Waals surface area contributed by atoms with Crippen molar-refractivity contribution >= 4 is 17.4 Å². The topological polar surface area (TPSA) is 57.6 Å². The number of rotatable bonds is 5. The number of hydrogen-bond acceptors (Lipinski definition) is 3. The van der Waals surface area contributed by atoms with Gasteiger partial charge in [-0.3, -0.25) is 9.59 Å². The molecule has 1 fully saturated rings. The zero-order valence-corrected chi connectivity index (χ0v) is 16.8.